The standard InChI is InChI=1S/C23H26N2O2/c1-3-25(4-2)23(26)20-12-10-18(11-13-20)15-19-7-5-8-21(16-19)24-17-22-9-6-14-27-22/h5-14,16,24H,3-4,15,17H2,1-2H3. The van der Waals surface area contributed by atoms with Crippen LogP contribution in [0.15, 0.2) is 71.3 Å². The summed E-state index contributed by atoms with van der Waals surface area (Å²) in [6.45, 7) is 6.13. The van der Waals surface area contributed by atoms with Gasteiger partial charge in [0.05, 0.1) is 12.8 Å². The van der Waals surface area contributed by atoms with Gasteiger partial charge in [0.1, 0.15) is 5.76 Å². The van der Waals surface area contributed by atoms with Crippen LogP contribution in [0.25, 0.3) is 0 Å². The van der Waals surface area contributed by atoms with E-state index in [1.165, 1.54) is 11.1 Å². The van der Waals surface area contributed by atoms with Crippen molar-refractivity contribution in [2.75, 3.05) is 18.4 Å². The monoisotopic (exact) mass is 362 g/mol. The number of rotatable bonds is 8. The van der Waals surface area contributed by atoms with Gasteiger partial charge in [-0.05, 0) is 67.8 Å². The Balaban J connectivity index is 1.63. The fourth-order valence-corrected chi connectivity index (χ4v) is 3.09. The smallest absolute Gasteiger partial charge is 0.253 e. The van der Waals surface area contributed by atoms with Crippen molar-refractivity contribution in [2.24, 2.45) is 0 Å². The number of amides is 1. The highest BCUT2D eigenvalue weighted by atomic mass is 16.3. The third kappa shape index (κ3) is 5.00. The maximum Gasteiger partial charge on any atom is 0.253 e. The molecule has 0 spiro atoms. The summed E-state index contributed by atoms with van der Waals surface area (Å²) in [5.74, 6) is 1.00. The molecule has 4 nitrogen and oxygen atoms in total. The van der Waals surface area contributed by atoms with Crippen LogP contribution in [-0.4, -0.2) is 23.9 Å². The predicted octanol–water partition coefficient (Wildman–Crippen LogP) is 4.96. The lowest BCUT2D eigenvalue weighted by Gasteiger charge is -2.18. The summed E-state index contributed by atoms with van der Waals surface area (Å²) in [4.78, 5) is 14.2. The van der Waals surface area contributed by atoms with Crippen molar-refractivity contribution in [3.05, 3.63) is 89.4 Å². The molecule has 0 radical (unpaired) electrons. The minimum absolute atomic E-state index is 0.0932. The molecule has 0 fully saturated rings. The summed E-state index contributed by atoms with van der Waals surface area (Å²) in [6, 6.07) is 20.2. The molecule has 0 aliphatic carbocycles. The van der Waals surface area contributed by atoms with Crippen molar-refractivity contribution in [1.29, 1.82) is 0 Å². The molecule has 4 heteroatoms. The Labute approximate surface area is 160 Å². The molecule has 0 bridgehead atoms. The van der Waals surface area contributed by atoms with E-state index in [1.807, 2.05) is 55.1 Å². The molecule has 0 unspecified atom stereocenters. The lowest BCUT2D eigenvalue weighted by Crippen LogP contribution is -2.30. The number of anilines is 1. The summed E-state index contributed by atoms with van der Waals surface area (Å²) in [7, 11) is 0. The van der Waals surface area contributed by atoms with E-state index in [-0.39, 0.29) is 5.91 Å². The molecule has 1 amide bonds. The number of nitrogens with zero attached hydrogens (tertiary/aromatic N) is 1. The van der Waals surface area contributed by atoms with E-state index in [0.717, 1.165) is 36.5 Å². The fourth-order valence-electron chi connectivity index (χ4n) is 3.09. The average molecular weight is 362 g/mol. The summed E-state index contributed by atoms with van der Waals surface area (Å²) >= 11 is 0. The van der Waals surface area contributed by atoms with Gasteiger partial charge in [0.2, 0.25) is 0 Å². The molecule has 1 N–H and O–H groups in total. The molecule has 0 saturated carbocycles. The van der Waals surface area contributed by atoms with Crippen molar-refractivity contribution < 1.29 is 9.21 Å². The van der Waals surface area contributed by atoms with E-state index in [4.69, 9.17) is 4.42 Å². The van der Waals surface area contributed by atoms with Gasteiger partial charge in [0.15, 0.2) is 0 Å². The van der Waals surface area contributed by atoms with E-state index in [0.29, 0.717) is 6.54 Å². The molecule has 0 atom stereocenters. The van der Waals surface area contributed by atoms with Crippen molar-refractivity contribution in [3.63, 3.8) is 0 Å². The van der Waals surface area contributed by atoms with Gasteiger partial charge in [-0.15, -0.1) is 0 Å². The third-order valence-electron chi connectivity index (χ3n) is 4.63. The van der Waals surface area contributed by atoms with Crippen molar-refractivity contribution in [1.82, 2.24) is 4.90 Å². The van der Waals surface area contributed by atoms with Crippen LogP contribution in [0.4, 0.5) is 5.69 Å². The van der Waals surface area contributed by atoms with Gasteiger partial charge >= 0.3 is 0 Å². The first-order valence-electron chi connectivity index (χ1n) is 9.43. The van der Waals surface area contributed by atoms with Crippen molar-refractivity contribution in [3.8, 4) is 0 Å². The maximum absolute atomic E-state index is 12.4. The summed E-state index contributed by atoms with van der Waals surface area (Å²) in [6.07, 6.45) is 2.51. The van der Waals surface area contributed by atoms with E-state index >= 15 is 0 Å². The van der Waals surface area contributed by atoms with Crippen molar-refractivity contribution >= 4 is 11.6 Å². The summed E-state index contributed by atoms with van der Waals surface area (Å²) in [5.41, 5.74) is 4.23. The first-order valence-corrected chi connectivity index (χ1v) is 9.43. The van der Waals surface area contributed by atoms with Gasteiger partial charge in [-0.1, -0.05) is 24.3 Å². The first-order chi connectivity index (χ1) is 13.2. The Kier molecular flexibility index (Phi) is 6.31. The number of furan rings is 1. The maximum atomic E-state index is 12.4. The van der Waals surface area contributed by atoms with Crippen LogP contribution in [0.5, 0.6) is 0 Å². The summed E-state index contributed by atoms with van der Waals surface area (Å²) in [5, 5.41) is 3.38. The van der Waals surface area contributed by atoms with E-state index in [9.17, 15) is 4.79 Å². The zero-order valence-corrected chi connectivity index (χ0v) is 15.9. The summed E-state index contributed by atoms with van der Waals surface area (Å²) < 4.78 is 5.35. The van der Waals surface area contributed by atoms with Crippen molar-refractivity contribution in [2.45, 2.75) is 26.8 Å². The molecule has 3 aromatic rings. The zero-order chi connectivity index (χ0) is 19.1. The molecule has 0 saturated heterocycles. The van der Waals surface area contributed by atoms with E-state index in [2.05, 4.69) is 29.6 Å². The highest BCUT2D eigenvalue weighted by Crippen LogP contribution is 2.17. The van der Waals surface area contributed by atoms with Crippen LogP contribution in [0, 0.1) is 0 Å². The molecule has 0 aliphatic rings. The number of hydrogen-bond donors (Lipinski definition) is 1. The van der Waals surface area contributed by atoms with Crippen LogP contribution in [-0.2, 0) is 13.0 Å². The second kappa shape index (κ2) is 9.08. The van der Waals surface area contributed by atoms with Gasteiger partial charge in [-0.25, -0.2) is 0 Å². The Bertz CT molecular complexity index is 850. The van der Waals surface area contributed by atoms with E-state index in [1.54, 1.807) is 6.26 Å². The molecular weight excluding hydrogens is 336 g/mol. The molecular formula is C23H26N2O2. The predicted molar refractivity (Wildman–Crippen MR) is 109 cm³/mol. The van der Waals surface area contributed by atoms with E-state index < -0.39 is 0 Å². The van der Waals surface area contributed by atoms with Gasteiger partial charge < -0.3 is 14.6 Å². The zero-order valence-electron chi connectivity index (χ0n) is 15.9. The van der Waals surface area contributed by atoms with Crippen LogP contribution in [0.3, 0.4) is 0 Å². The normalized spacial score (nSPS) is 10.6. The lowest BCUT2D eigenvalue weighted by molar-refractivity contribution is 0.0773. The average Bonchev–Trinajstić information content (AvgIpc) is 3.22. The first kappa shape index (κ1) is 18.8. The SMILES string of the molecule is CCN(CC)C(=O)c1ccc(Cc2cccc(NCc3ccco3)c2)cc1. The Morgan fingerprint density at radius 2 is 1.74 bits per heavy atom. The Morgan fingerprint density at radius 1 is 0.963 bits per heavy atom. The van der Waals surface area contributed by atoms with Crippen LogP contribution in [0.1, 0.15) is 41.1 Å². The molecule has 1 aromatic heterocycles. The highest BCUT2D eigenvalue weighted by molar-refractivity contribution is 5.94. The highest BCUT2D eigenvalue weighted by Gasteiger charge is 2.11. The van der Waals surface area contributed by atoms with Crippen LogP contribution < -0.4 is 5.32 Å². The molecule has 140 valence electrons. The molecule has 1 heterocycles. The van der Waals surface area contributed by atoms with Gasteiger partial charge in [0.25, 0.3) is 5.91 Å². The molecule has 0 aliphatic heterocycles. The number of nitrogens with one attached hydrogen (secondary N) is 1. The third-order valence-corrected chi connectivity index (χ3v) is 4.63. The van der Waals surface area contributed by atoms with Gasteiger partial charge in [-0.2, -0.15) is 0 Å². The van der Waals surface area contributed by atoms with Crippen LogP contribution >= 0.6 is 0 Å². The number of hydrogen-bond acceptors (Lipinski definition) is 3. The number of carbonyl (C=O) groups is 1. The fraction of sp³-hybridized carbons (Fsp3) is 0.261. The van der Waals surface area contributed by atoms with Gasteiger partial charge in [0, 0.05) is 24.3 Å². The van der Waals surface area contributed by atoms with Gasteiger partial charge in [-0.3, -0.25) is 4.79 Å². The topological polar surface area (TPSA) is 45.5 Å². The molecule has 27 heavy (non-hydrogen) atoms. The Morgan fingerprint density at radius 3 is 2.41 bits per heavy atom. The molecule has 3 rings (SSSR count). The Hall–Kier alpha value is -3.01. The molecule has 2 aromatic carbocycles. The lowest BCUT2D eigenvalue weighted by atomic mass is 10.0. The number of carbonyl (C=O) groups excluding carboxylic acids is 1. The largest absolute Gasteiger partial charge is 0.467 e. The minimum atomic E-state index is 0.0932. The van der Waals surface area contributed by atoms with Crippen LogP contribution in [0.2, 0.25) is 0 Å². The quantitative estimate of drug-likeness (QED) is 0.616. The second-order valence-corrected chi connectivity index (χ2v) is 6.48. The minimum Gasteiger partial charge on any atom is -0.467 e. The second-order valence-electron chi connectivity index (χ2n) is 6.48. The number of benzene rings is 2.